The Morgan fingerprint density at radius 3 is 2.91 bits per heavy atom. The molecule has 1 atom stereocenters. The molecule has 1 aromatic heterocycles. The smallest absolute Gasteiger partial charge is 0.165 e. The third-order valence-electron chi connectivity index (χ3n) is 4.30. The molecule has 0 aliphatic carbocycles. The number of benzene rings is 1. The molecule has 3 rings (SSSR count). The predicted molar refractivity (Wildman–Crippen MR) is 83.3 cm³/mol. The minimum absolute atomic E-state index is 0.307. The van der Waals surface area contributed by atoms with Crippen molar-refractivity contribution in [2.75, 3.05) is 13.7 Å². The van der Waals surface area contributed by atoms with Crippen LogP contribution >= 0.6 is 0 Å². The van der Waals surface area contributed by atoms with Crippen molar-refractivity contribution in [2.45, 2.75) is 32.4 Å². The minimum Gasteiger partial charge on any atom is -0.494 e. The SMILES string of the molecule is COc1cc(CN2CCCC2c2nc(C)cn2C)ccc1F. The molecule has 2 aromatic rings. The molecule has 1 aliphatic rings. The monoisotopic (exact) mass is 303 g/mol. The number of ether oxygens (including phenoxy) is 1. The maximum atomic E-state index is 13.5. The van der Waals surface area contributed by atoms with Crippen LogP contribution in [0.1, 0.15) is 36.0 Å². The van der Waals surface area contributed by atoms with Crippen molar-refractivity contribution in [3.8, 4) is 5.75 Å². The third kappa shape index (κ3) is 2.86. The average Bonchev–Trinajstić information content (AvgIpc) is 3.07. The molecule has 118 valence electrons. The fourth-order valence-electron chi connectivity index (χ4n) is 3.29. The summed E-state index contributed by atoms with van der Waals surface area (Å²) in [5.41, 5.74) is 2.11. The second-order valence-corrected chi connectivity index (χ2v) is 5.95. The molecule has 1 aromatic carbocycles. The van der Waals surface area contributed by atoms with Crippen LogP contribution in [0.2, 0.25) is 0 Å². The fraction of sp³-hybridized carbons (Fsp3) is 0.471. The van der Waals surface area contributed by atoms with Gasteiger partial charge in [-0.15, -0.1) is 0 Å². The summed E-state index contributed by atoms with van der Waals surface area (Å²) in [6.07, 6.45) is 4.34. The van der Waals surface area contributed by atoms with Gasteiger partial charge in [-0.3, -0.25) is 4.90 Å². The molecule has 5 heteroatoms. The van der Waals surface area contributed by atoms with Gasteiger partial charge in [0.2, 0.25) is 0 Å². The number of likely N-dealkylation sites (tertiary alicyclic amines) is 1. The van der Waals surface area contributed by atoms with Crippen molar-refractivity contribution in [2.24, 2.45) is 7.05 Å². The maximum Gasteiger partial charge on any atom is 0.165 e. The zero-order valence-electron chi connectivity index (χ0n) is 13.3. The highest BCUT2D eigenvalue weighted by Gasteiger charge is 2.29. The largest absolute Gasteiger partial charge is 0.494 e. The van der Waals surface area contributed by atoms with Gasteiger partial charge in [-0.25, -0.2) is 9.37 Å². The molecule has 4 nitrogen and oxygen atoms in total. The van der Waals surface area contributed by atoms with Gasteiger partial charge >= 0.3 is 0 Å². The van der Waals surface area contributed by atoms with Gasteiger partial charge in [-0.05, 0) is 44.0 Å². The van der Waals surface area contributed by atoms with Crippen molar-refractivity contribution >= 4 is 0 Å². The normalized spacial score (nSPS) is 18.8. The first-order valence-electron chi connectivity index (χ1n) is 7.65. The van der Waals surface area contributed by atoms with E-state index in [1.807, 2.05) is 20.0 Å². The van der Waals surface area contributed by atoms with Crippen LogP contribution in [0.25, 0.3) is 0 Å². The van der Waals surface area contributed by atoms with Gasteiger partial charge in [0.25, 0.3) is 0 Å². The van der Waals surface area contributed by atoms with Crippen molar-refractivity contribution in [3.63, 3.8) is 0 Å². The van der Waals surface area contributed by atoms with E-state index >= 15 is 0 Å². The van der Waals surface area contributed by atoms with Gasteiger partial charge < -0.3 is 9.30 Å². The summed E-state index contributed by atoms with van der Waals surface area (Å²) >= 11 is 0. The van der Waals surface area contributed by atoms with Crippen LogP contribution in [0.15, 0.2) is 24.4 Å². The lowest BCUT2D eigenvalue weighted by molar-refractivity contribution is 0.236. The van der Waals surface area contributed by atoms with E-state index in [1.165, 1.54) is 13.2 Å². The molecule has 0 radical (unpaired) electrons. The van der Waals surface area contributed by atoms with Gasteiger partial charge in [-0.2, -0.15) is 0 Å². The summed E-state index contributed by atoms with van der Waals surface area (Å²) in [5, 5.41) is 0. The fourth-order valence-corrected chi connectivity index (χ4v) is 3.29. The zero-order valence-corrected chi connectivity index (χ0v) is 13.3. The van der Waals surface area contributed by atoms with Crippen LogP contribution in [-0.2, 0) is 13.6 Å². The van der Waals surface area contributed by atoms with E-state index in [2.05, 4.69) is 20.6 Å². The van der Waals surface area contributed by atoms with Crippen molar-refractivity contribution in [1.29, 1.82) is 0 Å². The number of hydrogen-bond acceptors (Lipinski definition) is 3. The Labute approximate surface area is 130 Å². The van der Waals surface area contributed by atoms with E-state index in [-0.39, 0.29) is 5.82 Å². The number of nitrogens with zero attached hydrogens (tertiary/aromatic N) is 3. The van der Waals surface area contributed by atoms with Gasteiger partial charge in [0.1, 0.15) is 5.82 Å². The van der Waals surface area contributed by atoms with E-state index < -0.39 is 0 Å². The van der Waals surface area contributed by atoms with Crippen molar-refractivity contribution in [1.82, 2.24) is 14.5 Å². The summed E-state index contributed by atoms with van der Waals surface area (Å²) in [6, 6.07) is 5.42. The number of methoxy groups -OCH3 is 1. The highest BCUT2D eigenvalue weighted by Crippen LogP contribution is 2.33. The van der Waals surface area contributed by atoms with Crippen molar-refractivity contribution < 1.29 is 9.13 Å². The molecule has 0 spiro atoms. The van der Waals surface area contributed by atoms with Gasteiger partial charge in [0.15, 0.2) is 11.6 Å². The molecular formula is C17H22FN3O. The summed E-state index contributed by atoms with van der Waals surface area (Å²) in [7, 11) is 3.55. The van der Waals surface area contributed by atoms with Crippen LogP contribution in [0.4, 0.5) is 4.39 Å². The molecule has 2 heterocycles. The lowest BCUT2D eigenvalue weighted by Gasteiger charge is -2.24. The molecular weight excluding hydrogens is 281 g/mol. The van der Waals surface area contributed by atoms with Crippen LogP contribution in [0.5, 0.6) is 5.75 Å². The van der Waals surface area contributed by atoms with Crippen molar-refractivity contribution in [3.05, 3.63) is 47.3 Å². The minimum atomic E-state index is -0.316. The van der Waals surface area contributed by atoms with E-state index in [1.54, 1.807) is 6.07 Å². The Hall–Kier alpha value is -1.88. The number of aryl methyl sites for hydroxylation is 2. The van der Waals surface area contributed by atoms with Gasteiger partial charge in [0, 0.05) is 19.8 Å². The standard InChI is InChI=1S/C17H22FN3O/c1-12-10-20(2)17(19-12)15-5-4-8-21(15)11-13-6-7-14(18)16(9-13)22-3/h6-7,9-10,15H,4-5,8,11H2,1-3H3. The predicted octanol–water partition coefficient (Wildman–Crippen LogP) is 3.21. The Bertz CT molecular complexity index is 668. The van der Waals surface area contributed by atoms with Gasteiger partial charge in [0.05, 0.1) is 18.8 Å². The molecule has 1 unspecified atom stereocenters. The summed E-state index contributed by atoms with van der Waals surface area (Å²) < 4.78 is 20.7. The van der Waals surface area contributed by atoms with Crippen LogP contribution < -0.4 is 4.74 Å². The Balaban J connectivity index is 1.81. The molecule has 1 saturated heterocycles. The molecule has 0 amide bonds. The summed E-state index contributed by atoms with van der Waals surface area (Å²) in [4.78, 5) is 7.08. The summed E-state index contributed by atoms with van der Waals surface area (Å²) in [6.45, 7) is 3.84. The number of hydrogen-bond donors (Lipinski definition) is 0. The highest BCUT2D eigenvalue weighted by atomic mass is 19.1. The first-order chi connectivity index (χ1) is 10.6. The maximum absolute atomic E-state index is 13.5. The Kier molecular flexibility index (Phi) is 4.16. The quantitative estimate of drug-likeness (QED) is 0.869. The van der Waals surface area contributed by atoms with E-state index in [0.717, 1.165) is 43.0 Å². The lowest BCUT2D eigenvalue weighted by atomic mass is 10.1. The zero-order chi connectivity index (χ0) is 15.7. The van der Waals surface area contributed by atoms with E-state index in [0.29, 0.717) is 11.8 Å². The molecule has 22 heavy (non-hydrogen) atoms. The number of imidazole rings is 1. The number of halogens is 1. The van der Waals surface area contributed by atoms with E-state index in [9.17, 15) is 4.39 Å². The Morgan fingerprint density at radius 1 is 1.41 bits per heavy atom. The molecule has 1 fully saturated rings. The molecule has 0 N–H and O–H groups in total. The highest BCUT2D eigenvalue weighted by molar-refractivity contribution is 5.30. The molecule has 0 bridgehead atoms. The summed E-state index contributed by atoms with van der Waals surface area (Å²) in [5.74, 6) is 1.11. The number of rotatable bonds is 4. The number of aromatic nitrogens is 2. The van der Waals surface area contributed by atoms with E-state index in [4.69, 9.17) is 4.74 Å². The lowest BCUT2D eigenvalue weighted by Crippen LogP contribution is -2.24. The van der Waals surface area contributed by atoms with Crippen LogP contribution in [0.3, 0.4) is 0 Å². The van der Waals surface area contributed by atoms with Crippen LogP contribution in [0, 0.1) is 12.7 Å². The van der Waals surface area contributed by atoms with Crippen LogP contribution in [-0.4, -0.2) is 28.1 Å². The second kappa shape index (κ2) is 6.08. The average molecular weight is 303 g/mol. The first-order valence-corrected chi connectivity index (χ1v) is 7.65. The molecule has 0 saturated carbocycles. The third-order valence-corrected chi connectivity index (χ3v) is 4.30. The molecule has 1 aliphatic heterocycles. The topological polar surface area (TPSA) is 30.3 Å². The first kappa shape index (κ1) is 15.0. The van der Waals surface area contributed by atoms with Gasteiger partial charge in [-0.1, -0.05) is 6.07 Å². The second-order valence-electron chi connectivity index (χ2n) is 5.95. The Morgan fingerprint density at radius 2 is 2.23 bits per heavy atom.